The first-order valence-corrected chi connectivity index (χ1v) is 18.3. The van der Waals surface area contributed by atoms with Crippen LogP contribution in [0.5, 0.6) is 17.4 Å². The Balaban J connectivity index is 1.43. The van der Waals surface area contributed by atoms with Crippen molar-refractivity contribution in [2.45, 2.75) is 42.5 Å². The van der Waals surface area contributed by atoms with Gasteiger partial charge in [0.25, 0.3) is 15.9 Å². The summed E-state index contributed by atoms with van der Waals surface area (Å²) in [5.41, 5.74) is -1.19. The number of benzene rings is 2. The molecule has 6 rings (SSSR count). The van der Waals surface area contributed by atoms with Crippen molar-refractivity contribution in [3.05, 3.63) is 70.9 Å². The van der Waals surface area contributed by atoms with Crippen LogP contribution in [0.3, 0.4) is 0 Å². The van der Waals surface area contributed by atoms with Crippen LogP contribution in [-0.2, 0) is 25.0 Å². The van der Waals surface area contributed by atoms with Gasteiger partial charge in [0, 0.05) is 61.5 Å². The molecule has 0 radical (unpaired) electrons. The third kappa shape index (κ3) is 6.33. The van der Waals surface area contributed by atoms with Crippen molar-refractivity contribution in [2.75, 3.05) is 71.4 Å². The molecule has 0 N–H and O–H groups in total. The van der Waals surface area contributed by atoms with E-state index in [0.29, 0.717) is 24.9 Å². The molecule has 262 valence electrons. The minimum atomic E-state index is -4.61. The highest BCUT2D eigenvalue weighted by Gasteiger charge is 2.59. The zero-order valence-electron chi connectivity index (χ0n) is 28.2. The van der Waals surface area contributed by atoms with Gasteiger partial charge in [-0.3, -0.25) is 14.5 Å². The molecule has 3 aliphatic rings. The number of hydrogen-bond acceptors (Lipinski definition) is 10. The summed E-state index contributed by atoms with van der Waals surface area (Å²) in [6.07, 6.45) is 3.35. The zero-order valence-corrected chi connectivity index (χ0v) is 29.8. The first-order valence-electron chi connectivity index (χ1n) is 16.5. The molecule has 3 aromatic rings. The number of amides is 2. The maximum absolute atomic E-state index is 15.2. The molecule has 0 aliphatic carbocycles. The standard InChI is InChI=1S/C35H42ClN5O7S/c1-5-48-33-27(7-6-14-37-33)35(23-32(42)40-19-17-39(18-20-40)25-12-15-38(2)16-13-25)28-21-24(36)8-10-29(28)41(34(35)43)49(44,45)31-11-9-26(46-3)22-30(31)47-4/h6-11,14,21-22,25H,5,12-13,15-20,23H2,1-4H3. The van der Waals surface area contributed by atoms with E-state index in [9.17, 15) is 13.2 Å². The van der Waals surface area contributed by atoms with Crippen LogP contribution in [0.15, 0.2) is 59.6 Å². The number of sulfonamides is 1. The summed E-state index contributed by atoms with van der Waals surface area (Å²) in [5.74, 6) is -0.617. The summed E-state index contributed by atoms with van der Waals surface area (Å²) >= 11 is 6.57. The largest absolute Gasteiger partial charge is 0.497 e. The van der Waals surface area contributed by atoms with Crippen LogP contribution in [0.2, 0.25) is 5.02 Å². The van der Waals surface area contributed by atoms with E-state index in [-0.39, 0.29) is 57.3 Å². The second kappa shape index (κ2) is 14.1. The Morgan fingerprint density at radius 1 is 0.980 bits per heavy atom. The van der Waals surface area contributed by atoms with Crippen LogP contribution < -0.4 is 18.5 Å². The summed E-state index contributed by atoms with van der Waals surface area (Å²) in [5, 5.41) is 0.276. The SMILES string of the molecule is CCOc1ncccc1C1(CC(=O)N2CCN(C3CCN(C)CC3)CC2)C(=O)N(S(=O)(=O)c2ccc(OC)cc2OC)c2ccc(Cl)cc21. The van der Waals surface area contributed by atoms with Crippen molar-refractivity contribution < 1.29 is 32.2 Å². The Morgan fingerprint density at radius 2 is 1.71 bits per heavy atom. The van der Waals surface area contributed by atoms with Gasteiger partial charge in [0.1, 0.15) is 21.8 Å². The average Bonchev–Trinajstić information content (AvgIpc) is 3.36. The molecule has 12 nitrogen and oxygen atoms in total. The molecule has 0 saturated carbocycles. The summed E-state index contributed by atoms with van der Waals surface area (Å²) < 4.78 is 46.6. The minimum absolute atomic E-state index is 0.00453. The van der Waals surface area contributed by atoms with E-state index in [4.69, 9.17) is 25.8 Å². The first kappa shape index (κ1) is 34.9. The molecule has 0 bridgehead atoms. The number of pyridine rings is 1. The van der Waals surface area contributed by atoms with Gasteiger partial charge in [-0.1, -0.05) is 17.7 Å². The van der Waals surface area contributed by atoms with Gasteiger partial charge in [-0.15, -0.1) is 0 Å². The molecule has 2 fully saturated rings. The van der Waals surface area contributed by atoms with Crippen LogP contribution in [0.4, 0.5) is 5.69 Å². The van der Waals surface area contributed by atoms with Crippen molar-refractivity contribution in [2.24, 2.45) is 0 Å². The summed E-state index contributed by atoms with van der Waals surface area (Å²) in [7, 11) is 0.325. The zero-order chi connectivity index (χ0) is 34.9. The summed E-state index contributed by atoms with van der Waals surface area (Å²) in [6, 6.07) is 12.6. The molecule has 3 aliphatic heterocycles. The normalized spacial score (nSPS) is 20.7. The number of aromatic nitrogens is 1. The van der Waals surface area contributed by atoms with Crippen molar-refractivity contribution in [1.29, 1.82) is 0 Å². The third-order valence-corrected chi connectivity index (χ3v) is 11.8. The van der Waals surface area contributed by atoms with Gasteiger partial charge in [-0.2, -0.15) is 0 Å². The quantitative estimate of drug-likeness (QED) is 0.307. The van der Waals surface area contributed by atoms with Crippen LogP contribution in [0.25, 0.3) is 0 Å². The van der Waals surface area contributed by atoms with Gasteiger partial charge in [0.15, 0.2) is 0 Å². The van der Waals surface area contributed by atoms with Crippen LogP contribution in [-0.4, -0.2) is 113 Å². The maximum Gasteiger partial charge on any atom is 0.274 e. The van der Waals surface area contributed by atoms with Crippen molar-refractivity contribution in [3.63, 3.8) is 0 Å². The number of rotatable bonds is 10. The number of methoxy groups -OCH3 is 2. The van der Waals surface area contributed by atoms with Gasteiger partial charge in [-0.05, 0) is 81.9 Å². The number of piperidine rings is 1. The van der Waals surface area contributed by atoms with E-state index < -0.39 is 21.3 Å². The lowest BCUT2D eigenvalue weighted by atomic mass is 9.72. The molecular weight excluding hydrogens is 670 g/mol. The number of hydrogen-bond donors (Lipinski definition) is 0. The first-order chi connectivity index (χ1) is 23.5. The topological polar surface area (TPSA) is 122 Å². The number of piperazine rings is 1. The predicted molar refractivity (Wildman–Crippen MR) is 185 cm³/mol. The Kier molecular flexibility index (Phi) is 10.1. The van der Waals surface area contributed by atoms with Gasteiger partial charge in [0.2, 0.25) is 11.8 Å². The van der Waals surface area contributed by atoms with E-state index in [2.05, 4.69) is 21.8 Å². The number of ether oxygens (including phenoxy) is 3. The Labute approximate surface area is 292 Å². The fourth-order valence-corrected chi connectivity index (χ4v) is 9.08. The Hall–Kier alpha value is -3.91. The minimum Gasteiger partial charge on any atom is -0.497 e. The van der Waals surface area contributed by atoms with E-state index in [1.54, 1.807) is 30.0 Å². The van der Waals surface area contributed by atoms with Gasteiger partial charge in [-0.25, -0.2) is 17.7 Å². The molecular formula is C35H42ClN5O7S. The highest BCUT2D eigenvalue weighted by molar-refractivity contribution is 7.93. The number of fused-ring (bicyclic) bond motifs is 1. The predicted octanol–water partition coefficient (Wildman–Crippen LogP) is 3.80. The molecule has 49 heavy (non-hydrogen) atoms. The molecule has 0 spiro atoms. The Bertz CT molecular complexity index is 1830. The van der Waals surface area contributed by atoms with E-state index >= 15 is 4.79 Å². The third-order valence-electron chi connectivity index (χ3n) is 9.88. The lowest BCUT2D eigenvalue weighted by Crippen LogP contribution is -2.55. The highest BCUT2D eigenvalue weighted by Crippen LogP contribution is 2.53. The molecule has 1 aromatic heterocycles. The molecule has 2 amide bonds. The molecule has 2 aromatic carbocycles. The van der Waals surface area contributed by atoms with Crippen LogP contribution >= 0.6 is 11.6 Å². The number of anilines is 1. The second-order valence-electron chi connectivity index (χ2n) is 12.6. The summed E-state index contributed by atoms with van der Waals surface area (Å²) in [4.78, 5) is 40.3. The molecule has 1 unspecified atom stereocenters. The van der Waals surface area contributed by atoms with Gasteiger partial charge < -0.3 is 24.0 Å². The van der Waals surface area contributed by atoms with Gasteiger partial charge >= 0.3 is 0 Å². The van der Waals surface area contributed by atoms with Crippen molar-refractivity contribution >= 4 is 39.1 Å². The summed E-state index contributed by atoms with van der Waals surface area (Å²) in [6.45, 7) is 6.54. The Morgan fingerprint density at radius 3 is 2.39 bits per heavy atom. The number of carbonyl (C=O) groups is 2. The monoisotopic (exact) mass is 711 g/mol. The average molecular weight is 712 g/mol. The molecule has 1 atom stereocenters. The van der Waals surface area contributed by atoms with E-state index in [1.807, 2.05) is 0 Å². The molecule has 2 saturated heterocycles. The van der Waals surface area contributed by atoms with Gasteiger partial charge in [0.05, 0.1) is 26.5 Å². The molecule has 4 heterocycles. The highest BCUT2D eigenvalue weighted by atomic mass is 35.5. The maximum atomic E-state index is 15.2. The lowest BCUT2D eigenvalue weighted by Gasteiger charge is -2.42. The van der Waals surface area contributed by atoms with Crippen LogP contribution in [0, 0.1) is 0 Å². The van der Waals surface area contributed by atoms with E-state index in [1.165, 1.54) is 50.7 Å². The molecule has 14 heteroatoms. The number of halogens is 1. The fourth-order valence-electron chi connectivity index (χ4n) is 7.28. The number of likely N-dealkylation sites (tertiary alicyclic amines) is 1. The smallest absolute Gasteiger partial charge is 0.274 e. The van der Waals surface area contributed by atoms with Crippen molar-refractivity contribution in [3.8, 4) is 17.4 Å². The number of nitrogens with zero attached hydrogens (tertiary/aromatic N) is 5. The van der Waals surface area contributed by atoms with Crippen LogP contribution in [0.1, 0.15) is 37.3 Å². The lowest BCUT2D eigenvalue weighted by molar-refractivity contribution is -0.137. The number of carbonyl (C=O) groups excluding carboxylic acids is 2. The second-order valence-corrected chi connectivity index (χ2v) is 14.8. The van der Waals surface area contributed by atoms with E-state index in [0.717, 1.165) is 43.3 Å². The van der Waals surface area contributed by atoms with Crippen molar-refractivity contribution in [1.82, 2.24) is 19.7 Å². The fraction of sp³-hybridized carbons (Fsp3) is 0.457.